The molecule has 0 aliphatic carbocycles. The molecule has 1 amide bonds. The van der Waals surface area contributed by atoms with Crippen LogP contribution in [0.5, 0.6) is 0 Å². The summed E-state index contributed by atoms with van der Waals surface area (Å²) in [7, 11) is 0. The van der Waals surface area contributed by atoms with E-state index in [1.54, 1.807) is 6.08 Å². The molecule has 2 fully saturated rings. The van der Waals surface area contributed by atoms with Gasteiger partial charge in [0.15, 0.2) is 0 Å². The largest absolute Gasteiger partial charge is 0.350 e. The predicted octanol–water partition coefficient (Wildman–Crippen LogP) is 4.01. The number of fused-ring (bicyclic) bond motifs is 2. The Morgan fingerprint density at radius 3 is 2.23 bits per heavy atom. The van der Waals surface area contributed by atoms with Crippen molar-refractivity contribution in [2.75, 3.05) is 0 Å². The van der Waals surface area contributed by atoms with Crippen LogP contribution in [0.2, 0.25) is 0 Å². The van der Waals surface area contributed by atoms with Crippen molar-refractivity contribution in [1.29, 1.82) is 0 Å². The van der Waals surface area contributed by atoms with Gasteiger partial charge in [-0.2, -0.15) is 0 Å². The Hall–Kier alpha value is -2.39. The van der Waals surface area contributed by atoms with E-state index < -0.39 is 0 Å². The van der Waals surface area contributed by atoms with Gasteiger partial charge in [0.05, 0.1) is 0 Å². The van der Waals surface area contributed by atoms with Gasteiger partial charge in [-0.25, -0.2) is 0 Å². The van der Waals surface area contributed by atoms with E-state index in [1.165, 1.54) is 18.4 Å². The van der Waals surface area contributed by atoms with E-state index in [4.69, 9.17) is 0 Å². The molecule has 2 aliphatic heterocycles. The number of rotatable bonds is 5. The number of nitrogens with zero attached hydrogens (tertiary/aromatic N) is 1. The number of piperidine rings is 1. The first-order valence-electron chi connectivity index (χ1n) is 9.61. The second-order valence-electron chi connectivity index (χ2n) is 7.46. The number of carbonyl (C=O) groups is 1. The Morgan fingerprint density at radius 2 is 1.58 bits per heavy atom. The SMILES string of the molecule is O=C(/C=C/c1ccccc1)NC1C[C@@H]2CC[C@@H](C1)N2Cc1ccccc1. The molecule has 3 heteroatoms. The van der Waals surface area contributed by atoms with E-state index >= 15 is 0 Å². The van der Waals surface area contributed by atoms with Crippen LogP contribution in [-0.4, -0.2) is 28.9 Å². The molecule has 2 bridgehead atoms. The zero-order chi connectivity index (χ0) is 17.8. The molecule has 0 unspecified atom stereocenters. The standard InChI is InChI=1S/C23H26N2O/c26-23(14-11-18-7-3-1-4-8-18)24-20-15-21-12-13-22(16-20)25(21)17-19-9-5-2-6-10-19/h1-11,14,20-22H,12-13,15-17H2,(H,24,26)/b14-11+/t21-,22-/m0/s1. The number of carbonyl (C=O) groups excluding carboxylic acids is 1. The molecule has 0 aromatic heterocycles. The Balaban J connectivity index is 1.32. The van der Waals surface area contributed by atoms with Gasteiger partial charge in [0.2, 0.25) is 5.91 Å². The molecule has 0 radical (unpaired) electrons. The maximum atomic E-state index is 12.3. The van der Waals surface area contributed by atoms with Crippen molar-refractivity contribution in [2.45, 2.75) is 50.4 Å². The molecule has 4 rings (SSSR count). The second-order valence-corrected chi connectivity index (χ2v) is 7.46. The lowest BCUT2D eigenvalue weighted by Crippen LogP contribution is -2.49. The van der Waals surface area contributed by atoms with Gasteiger partial charge in [-0.15, -0.1) is 0 Å². The fourth-order valence-electron chi connectivity index (χ4n) is 4.43. The normalized spacial score (nSPS) is 25.5. The molecule has 0 spiro atoms. The molecule has 2 heterocycles. The van der Waals surface area contributed by atoms with Crippen LogP contribution in [-0.2, 0) is 11.3 Å². The van der Waals surface area contributed by atoms with Crippen molar-refractivity contribution in [3.8, 4) is 0 Å². The summed E-state index contributed by atoms with van der Waals surface area (Å²) in [6, 6.07) is 22.2. The van der Waals surface area contributed by atoms with Crippen LogP contribution >= 0.6 is 0 Å². The van der Waals surface area contributed by atoms with Gasteiger partial charge in [0.25, 0.3) is 0 Å². The monoisotopic (exact) mass is 346 g/mol. The maximum Gasteiger partial charge on any atom is 0.244 e. The van der Waals surface area contributed by atoms with E-state index in [9.17, 15) is 4.79 Å². The van der Waals surface area contributed by atoms with Crippen LogP contribution in [0.1, 0.15) is 36.8 Å². The van der Waals surface area contributed by atoms with Gasteiger partial charge in [0, 0.05) is 30.7 Å². The van der Waals surface area contributed by atoms with E-state index in [2.05, 4.69) is 40.5 Å². The van der Waals surface area contributed by atoms with Crippen molar-refractivity contribution in [3.63, 3.8) is 0 Å². The van der Waals surface area contributed by atoms with Gasteiger partial charge in [-0.3, -0.25) is 9.69 Å². The van der Waals surface area contributed by atoms with Crippen LogP contribution < -0.4 is 5.32 Å². The molecule has 2 atom stereocenters. The van der Waals surface area contributed by atoms with E-state index in [1.807, 2.05) is 36.4 Å². The van der Waals surface area contributed by atoms with Crippen LogP contribution in [0, 0.1) is 0 Å². The molecule has 2 aromatic rings. The fraction of sp³-hybridized carbons (Fsp3) is 0.348. The van der Waals surface area contributed by atoms with Crippen LogP contribution in [0.15, 0.2) is 66.7 Å². The molecule has 3 nitrogen and oxygen atoms in total. The van der Waals surface area contributed by atoms with Gasteiger partial charge in [-0.1, -0.05) is 60.7 Å². The third-order valence-corrected chi connectivity index (χ3v) is 5.67. The topological polar surface area (TPSA) is 32.3 Å². The van der Waals surface area contributed by atoms with Gasteiger partial charge < -0.3 is 5.32 Å². The van der Waals surface area contributed by atoms with E-state index in [0.717, 1.165) is 24.9 Å². The Morgan fingerprint density at radius 1 is 0.962 bits per heavy atom. The first-order chi connectivity index (χ1) is 12.8. The van der Waals surface area contributed by atoms with Crippen LogP contribution in [0.4, 0.5) is 0 Å². The summed E-state index contributed by atoms with van der Waals surface area (Å²) < 4.78 is 0. The number of hydrogen-bond acceptors (Lipinski definition) is 2. The summed E-state index contributed by atoms with van der Waals surface area (Å²) in [6.45, 7) is 1.03. The maximum absolute atomic E-state index is 12.3. The first-order valence-corrected chi connectivity index (χ1v) is 9.61. The van der Waals surface area contributed by atoms with Crippen molar-refractivity contribution in [1.82, 2.24) is 10.2 Å². The Bertz CT molecular complexity index is 742. The quantitative estimate of drug-likeness (QED) is 0.830. The third-order valence-electron chi connectivity index (χ3n) is 5.67. The second kappa shape index (κ2) is 7.88. The molecule has 2 saturated heterocycles. The third kappa shape index (κ3) is 4.05. The molecular weight excluding hydrogens is 320 g/mol. The first kappa shape index (κ1) is 17.0. The number of amides is 1. The molecule has 26 heavy (non-hydrogen) atoms. The average Bonchev–Trinajstić information content (AvgIpc) is 2.90. The molecule has 2 aromatic carbocycles. The van der Waals surface area contributed by atoms with Crippen molar-refractivity contribution in [2.24, 2.45) is 0 Å². The molecule has 134 valence electrons. The highest BCUT2D eigenvalue weighted by molar-refractivity contribution is 5.91. The predicted molar refractivity (Wildman–Crippen MR) is 105 cm³/mol. The minimum atomic E-state index is 0.0229. The highest BCUT2D eigenvalue weighted by Gasteiger charge is 2.40. The Kier molecular flexibility index (Phi) is 5.16. The molecule has 1 N–H and O–H groups in total. The van der Waals surface area contributed by atoms with Crippen LogP contribution in [0.3, 0.4) is 0 Å². The minimum Gasteiger partial charge on any atom is -0.350 e. The summed E-state index contributed by atoms with van der Waals surface area (Å²) >= 11 is 0. The lowest BCUT2D eigenvalue weighted by Gasteiger charge is -2.39. The fourth-order valence-corrected chi connectivity index (χ4v) is 4.43. The van der Waals surface area contributed by atoms with Gasteiger partial charge >= 0.3 is 0 Å². The number of benzene rings is 2. The average molecular weight is 346 g/mol. The Labute approximate surface area is 155 Å². The highest BCUT2D eigenvalue weighted by atomic mass is 16.1. The summed E-state index contributed by atoms with van der Waals surface area (Å²) in [4.78, 5) is 14.9. The lowest BCUT2D eigenvalue weighted by atomic mass is 9.96. The van der Waals surface area contributed by atoms with Gasteiger partial charge in [0.1, 0.15) is 0 Å². The zero-order valence-electron chi connectivity index (χ0n) is 15.1. The van der Waals surface area contributed by atoms with Crippen molar-refractivity contribution >= 4 is 12.0 Å². The lowest BCUT2D eigenvalue weighted by molar-refractivity contribution is -0.117. The summed E-state index contributed by atoms with van der Waals surface area (Å²) in [5.41, 5.74) is 2.44. The molecular formula is C23H26N2O. The van der Waals surface area contributed by atoms with Gasteiger partial charge in [-0.05, 0) is 42.9 Å². The van der Waals surface area contributed by atoms with E-state index in [0.29, 0.717) is 18.1 Å². The molecule has 0 saturated carbocycles. The van der Waals surface area contributed by atoms with Crippen molar-refractivity contribution < 1.29 is 4.79 Å². The van der Waals surface area contributed by atoms with Crippen LogP contribution in [0.25, 0.3) is 6.08 Å². The number of nitrogens with one attached hydrogen (secondary N) is 1. The summed E-state index contributed by atoms with van der Waals surface area (Å²) in [6.07, 6.45) is 8.18. The minimum absolute atomic E-state index is 0.0229. The highest BCUT2D eigenvalue weighted by Crippen LogP contribution is 2.36. The summed E-state index contributed by atoms with van der Waals surface area (Å²) in [5.74, 6) is 0.0229. The van der Waals surface area contributed by atoms with Crippen molar-refractivity contribution in [3.05, 3.63) is 77.9 Å². The summed E-state index contributed by atoms with van der Waals surface area (Å²) in [5, 5.41) is 3.22. The van der Waals surface area contributed by atoms with E-state index in [-0.39, 0.29) is 5.91 Å². The number of hydrogen-bond donors (Lipinski definition) is 1. The molecule has 2 aliphatic rings. The smallest absolute Gasteiger partial charge is 0.244 e. The zero-order valence-corrected chi connectivity index (χ0v) is 15.1.